The average molecular weight is 252 g/mol. The largest absolute Gasteiger partial charge is 0.465 e. The zero-order chi connectivity index (χ0) is 13.9. The van der Waals surface area contributed by atoms with Crippen molar-refractivity contribution in [3.05, 3.63) is 0 Å². The Hall–Kier alpha value is -1.90. The number of ether oxygens (including phenoxy) is 2. The standard InChI is InChI=1S/C12H16N2O4/c1-4-17-10(15)8(6-13)9(14)7-5-12(2,3)18-11(7)16/h7-8,14H,4-5H2,1-3H3/t7-,8+/m0/s1. The molecular weight excluding hydrogens is 236 g/mol. The minimum absolute atomic E-state index is 0.130. The van der Waals surface area contributed by atoms with Crippen molar-refractivity contribution >= 4 is 17.7 Å². The van der Waals surface area contributed by atoms with Crippen molar-refractivity contribution in [1.82, 2.24) is 0 Å². The van der Waals surface area contributed by atoms with Gasteiger partial charge in [0.2, 0.25) is 0 Å². The minimum Gasteiger partial charge on any atom is -0.465 e. The molecule has 1 saturated heterocycles. The Labute approximate surface area is 105 Å². The van der Waals surface area contributed by atoms with Crippen LogP contribution in [0.5, 0.6) is 0 Å². The Morgan fingerprint density at radius 3 is 2.72 bits per heavy atom. The Bertz CT molecular complexity index is 422. The fourth-order valence-electron chi connectivity index (χ4n) is 1.87. The molecule has 1 N–H and O–H groups in total. The van der Waals surface area contributed by atoms with Crippen LogP contribution in [0.3, 0.4) is 0 Å². The van der Waals surface area contributed by atoms with E-state index in [2.05, 4.69) is 0 Å². The van der Waals surface area contributed by atoms with Crippen LogP contribution in [-0.2, 0) is 19.1 Å². The number of nitrogens with one attached hydrogen (secondary N) is 1. The summed E-state index contributed by atoms with van der Waals surface area (Å²) in [6.45, 7) is 5.20. The van der Waals surface area contributed by atoms with Gasteiger partial charge in [-0.1, -0.05) is 0 Å². The van der Waals surface area contributed by atoms with Gasteiger partial charge in [0.1, 0.15) is 11.5 Å². The lowest BCUT2D eigenvalue weighted by Gasteiger charge is -2.15. The van der Waals surface area contributed by atoms with Gasteiger partial charge in [-0.25, -0.2) is 0 Å². The van der Waals surface area contributed by atoms with Crippen LogP contribution in [0.1, 0.15) is 27.2 Å². The van der Waals surface area contributed by atoms with Crippen molar-refractivity contribution in [1.29, 1.82) is 10.7 Å². The highest BCUT2D eigenvalue weighted by Gasteiger charge is 2.45. The zero-order valence-corrected chi connectivity index (χ0v) is 10.6. The molecule has 1 aliphatic rings. The highest BCUT2D eigenvalue weighted by molar-refractivity contribution is 6.12. The van der Waals surface area contributed by atoms with Crippen molar-refractivity contribution < 1.29 is 19.1 Å². The van der Waals surface area contributed by atoms with E-state index in [4.69, 9.17) is 20.1 Å². The van der Waals surface area contributed by atoms with E-state index < -0.39 is 29.4 Å². The molecule has 0 aromatic rings. The second kappa shape index (κ2) is 5.17. The van der Waals surface area contributed by atoms with Crippen LogP contribution < -0.4 is 0 Å². The van der Waals surface area contributed by atoms with Crippen LogP contribution in [0, 0.1) is 28.6 Å². The molecule has 0 aliphatic carbocycles. The summed E-state index contributed by atoms with van der Waals surface area (Å²) >= 11 is 0. The maximum atomic E-state index is 11.6. The molecule has 1 aliphatic heterocycles. The number of cyclic esters (lactones) is 1. The van der Waals surface area contributed by atoms with Gasteiger partial charge >= 0.3 is 11.9 Å². The molecule has 2 atom stereocenters. The Balaban J connectivity index is 2.84. The number of nitriles is 1. The lowest BCUT2D eigenvalue weighted by atomic mass is 9.87. The van der Waals surface area contributed by atoms with Gasteiger partial charge < -0.3 is 14.9 Å². The van der Waals surface area contributed by atoms with E-state index >= 15 is 0 Å². The van der Waals surface area contributed by atoms with Crippen LogP contribution in [0.25, 0.3) is 0 Å². The third-order valence-electron chi connectivity index (χ3n) is 2.69. The zero-order valence-electron chi connectivity index (χ0n) is 10.6. The van der Waals surface area contributed by atoms with Crippen molar-refractivity contribution in [2.24, 2.45) is 11.8 Å². The third kappa shape index (κ3) is 2.86. The first-order valence-electron chi connectivity index (χ1n) is 5.70. The van der Waals surface area contributed by atoms with Crippen molar-refractivity contribution in [2.75, 3.05) is 6.61 Å². The summed E-state index contributed by atoms with van der Waals surface area (Å²) in [4.78, 5) is 23.1. The van der Waals surface area contributed by atoms with Crippen LogP contribution in [0.4, 0.5) is 0 Å². The van der Waals surface area contributed by atoms with Crippen LogP contribution in [0.15, 0.2) is 0 Å². The van der Waals surface area contributed by atoms with Crippen LogP contribution >= 0.6 is 0 Å². The summed E-state index contributed by atoms with van der Waals surface area (Å²) in [5.74, 6) is -3.53. The summed E-state index contributed by atoms with van der Waals surface area (Å²) in [6, 6.07) is 1.70. The number of nitrogens with zero attached hydrogens (tertiary/aromatic N) is 1. The van der Waals surface area contributed by atoms with Crippen LogP contribution in [0.2, 0.25) is 0 Å². The number of hydrogen-bond donors (Lipinski definition) is 1. The van der Waals surface area contributed by atoms with E-state index in [-0.39, 0.29) is 12.3 Å². The third-order valence-corrected chi connectivity index (χ3v) is 2.69. The molecule has 0 aromatic heterocycles. The van der Waals surface area contributed by atoms with E-state index in [0.29, 0.717) is 6.42 Å². The topological polar surface area (TPSA) is 100 Å². The number of carbonyl (C=O) groups is 2. The molecule has 98 valence electrons. The molecule has 1 rings (SSSR count). The van der Waals surface area contributed by atoms with Crippen molar-refractivity contribution in [3.63, 3.8) is 0 Å². The SMILES string of the molecule is CCOC(=O)[C@H](C#N)C(=N)[C@@H]1CC(C)(C)OC1=O. The molecule has 6 nitrogen and oxygen atoms in total. The molecule has 0 radical (unpaired) electrons. The normalized spacial score (nSPS) is 22.8. The quantitative estimate of drug-likeness (QED) is 0.595. The van der Waals surface area contributed by atoms with Gasteiger partial charge in [-0.15, -0.1) is 0 Å². The molecule has 0 aromatic carbocycles. The highest BCUT2D eigenvalue weighted by Crippen LogP contribution is 2.32. The Kier molecular flexibility index (Phi) is 4.07. The molecule has 0 saturated carbocycles. The van der Waals surface area contributed by atoms with E-state index in [1.165, 1.54) is 0 Å². The predicted octanol–water partition coefficient (Wildman–Crippen LogP) is 1.05. The first kappa shape index (κ1) is 14.2. The molecule has 0 bridgehead atoms. The fraction of sp³-hybridized carbons (Fsp3) is 0.667. The molecular formula is C12H16N2O4. The van der Waals surface area contributed by atoms with Gasteiger partial charge in [0.15, 0.2) is 5.92 Å². The lowest BCUT2D eigenvalue weighted by molar-refractivity contribution is -0.147. The summed E-state index contributed by atoms with van der Waals surface area (Å²) in [7, 11) is 0. The van der Waals surface area contributed by atoms with Gasteiger partial charge in [0, 0.05) is 6.42 Å². The number of esters is 2. The molecule has 6 heteroatoms. The lowest BCUT2D eigenvalue weighted by Crippen LogP contribution is -2.32. The second-order valence-corrected chi connectivity index (χ2v) is 4.71. The molecule has 0 amide bonds. The second-order valence-electron chi connectivity index (χ2n) is 4.71. The van der Waals surface area contributed by atoms with Gasteiger partial charge in [-0.3, -0.25) is 9.59 Å². The number of hydrogen-bond acceptors (Lipinski definition) is 6. The van der Waals surface area contributed by atoms with Crippen molar-refractivity contribution in [2.45, 2.75) is 32.8 Å². The highest BCUT2D eigenvalue weighted by atomic mass is 16.6. The van der Waals surface area contributed by atoms with E-state index in [0.717, 1.165) is 0 Å². The number of rotatable bonds is 4. The van der Waals surface area contributed by atoms with Gasteiger partial charge in [-0.05, 0) is 20.8 Å². The monoisotopic (exact) mass is 252 g/mol. The summed E-state index contributed by atoms with van der Waals surface area (Å²) in [5, 5.41) is 16.8. The van der Waals surface area contributed by atoms with Gasteiger partial charge in [0.25, 0.3) is 0 Å². The molecule has 18 heavy (non-hydrogen) atoms. The maximum Gasteiger partial charge on any atom is 0.329 e. The van der Waals surface area contributed by atoms with E-state index in [1.807, 2.05) is 0 Å². The van der Waals surface area contributed by atoms with E-state index in [9.17, 15) is 9.59 Å². The van der Waals surface area contributed by atoms with Crippen molar-refractivity contribution in [3.8, 4) is 6.07 Å². The molecule has 0 unspecified atom stereocenters. The van der Waals surface area contributed by atoms with E-state index in [1.54, 1.807) is 26.8 Å². The Morgan fingerprint density at radius 1 is 1.72 bits per heavy atom. The first-order chi connectivity index (χ1) is 8.32. The molecule has 1 fully saturated rings. The average Bonchev–Trinajstić information content (AvgIpc) is 2.53. The van der Waals surface area contributed by atoms with Crippen LogP contribution in [-0.4, -0.2) is 29.9 Å². The Morgan fingerprint density at radius 2 is 2.33 bits per heavy atom. The fourth-order valence-corrected chi connectivity index (χ4v) is 1.87. The smallest absolute Gasteiger partial charge is 0.329 e. The summed E-state index contributed by atoms with van der Waals surface area (Å²) < 4.78 is 9.78. The predicted molar refractivity (Wildman–Crippen MR) is 61.7 cm³/mol. The molecule has 1 heterocycles. The summed E-state index contributed by atoms with van der Waals surface area (Å²) in [5.41, 5.74) is -0.908. The van der Waals surface area contributed by atoms with Gasteiger partial charge in [0.05, 0.1) is 18.4 Å². The maximum absolute atomic E-state index is 11.6. The number of carbonyl (C=O) groups excluding carboxylic acids is 2. The first-order valence-corrected chi connectivity index (χ1v) is 5.70. The summed E-state index contributed by atoms with van der Waals surface area (Å²) in [6.07, 6.45) is 0.294. The molecule has 0 spiro atoms. The minimum atomic E-state index is -1.34. The van der Waals surface area contributed by atoms with Gasteiger partial charge in [-0.2, -0.15) is 5.26 Å².